The van der Waals surface area contributed by atoms with E-state index >= 15 is 0 Å². The van der Waals surface area contributed by atoms with Crippen LogP contribution in [-0.2, 0) is 9.53 Å². The predicted octanol–water partition coefficient (Wildman–Crippen LogP) is 4.78. The molecular weight excluding hydrogens is 388 g/mol. The van der Waals surface area contributed by atoms with Gasteiger partial charge in [-0.15, -0.1) is 0 Å². The number of ether oxygens (including phenoxy) is 1. The van der Waals surface area contributed by atoms with E-state index in [1.165, 1.54) is 17.3 Å². The van der Waals surface area contributed by atoms with Crippen molar-refractivity contribution in [3.8, 4) is 5.69 Å². The molecule has 1 aromatic heterocycles. The van der Waals surface area contributed by atoms with Crippen LogP contribution in [0, 0.1) is 20.8 Å². The summed E-state index contributed by atoms with van der Waals surface area (Å²) in [6.07, 6.45) is 4.13. The van der Waals surface area contributed by atoms with Crippen LogP contribution >= 0.6 is 24.0 Å². The van der Waals surface area contributed by atoms with Crippen LogP contribution in [0.25, 0.3) is 11.8 Å². The predicted molar refractivity (Wildman–Crippen MR) is 119 cm³/mol. The number of hydrogen-bond donors (Lipinski definition) is 0. The maximum Gasteiger partial charge on any atom is 0.266 e. The van der Waals surface area contributed by atoms with E-state index in [9.17, 15) is 4.79 Å². The first-order chi connectivity index (χ1) is 13.4. The van der Waals surface area contributed by atoms with Crippen molar-refractivity contribution in [2.75, 3.05) is 13.2 Å². The summed E-state index contributed by atoms with van der Waals surface area (Å²) in [4.78, 5) is 15.3. The third-order valence-electron chi connectivity index (χ3n) is 5.33. The Labute approximate surface area is 175 Å². The molecule has 1 atom stereocenters. The van der Waals surface area contributed by atoms with Gasteiger partial charge in [0.15, 0.2) is 0 Å². The van der Waals surface area contributed by atoms with Gasteiger partial charge >= 0.3 is 0 Å². The molecule has 28 heavy (non-hydrogen) atoms. The second-order valence-corrected chi connectivity index (χ2v) is 9.10. The largest absolute Gasteiger partial charge is 0.376 e. The van der Waals surface area contributed by atoms with Crippen molar-refractivity contribution in [1.82, 2.24) is 9.47 Å². The van der Waals surface area contributed by atoms with Gasteiger partial charge in [0, 0.05) is 23.7 Å². The average Bonchev–Trinajstić information content (AvgIpc) is 3.34. The lowest BCUT2D eigenvalue weighted by molar-refractivity contribution is -0.123. The summed E-state index contributed by atoms with van der Waals surface area (Å²) in [5, 5.41) is 0. The molecule has 1 aromatic carbocycles. The summed E-state index contributed by atoms with van der Waals surface area (Å²) < 4.78 is 8.52. The van der Waals surface area contributed by atoms with Gasteiger partial charge in [-0.25, -0.2) is 0 Å². The van der Waals surface area contributed by atoms with Crippen LogP contribution in [0.3, 0.4) is 0 Å². The summed E-state index contributed by atoms with van der Waals surface area (Å²) in [5.74, 6) is -0.00867. The van der Waals surface area contributed by atoms with Gasteiger partial charge in [0.05, 0.1) is 17.6 Å². The van der Waals surface area contributed by atoms with E-state index in [0.29, 0.717) is 15.8 Å². The molecule has 6 heteroatoms. The Hall–Kier alpha value is -1.89. The Kier molecular flexibility index (Phi) is 5.45. The minimum absolute atomic E-state index is 0.00867. The number of aromatic nitrogens is 1. The number of thiocarbonyl (C=S) groups is 1. The van der Waals surface area contributed by atoms with Crippen molar-refractivity contribution >= 4 is 40.3 Å². The summed E-state index contributed by atoms with van der Waals surface area (Å²) in [7, 11) is 0. The van der Waals surface area contributed by atoms with Crippen LogP contribution in [0.2, 0.25) is 0 Å². The Morgan fingerprint density at radius 2 is 2.00 bits per heavy atom. The molecule has 4 rings (SSSR count). The highest BCUT2D eigenvalue weighted by Crippen LogP contribution is 2.34. The highest BCUT2D eigenvalue weighted by atomic mass is 32.2. The fraction of sp³-hybridized carbons (Fsp3) is 0.364. The Morgan fingerprint density at radius 3 is 2.68 bits per heavy atom. The van der Waals surface area contributed by atoms with Crippen molar-refractivity contribution in [2.24, 2.45) is 0 Å². The van der Waals surface area contributed by atoms with Gasteiger partial charge in [0.1, 0.15) is 4.32 Å². The molecule has 0 N–H and O–H groups in total. The van der Waals surface area contributed by atoms with Crippen molar-refractivity contribution in [3.63, 3.8) is 0 Å². The number of rotatable bonds is 4. The number of benzene rings is 1. The summed E-state index contributed by atoms with van der Waals surface area (Å²) in [5.41, 5.74) is 5.68. The van der Waals surface area contributed by atoms with Crippen LogP contribution in [0.15, 0.2) is 35.2 Å². The fourth-order valence-electron chi connectivity index (χ4n) is 3.82. The van der Waals surface area contributed by atoms with Gasteiger partial charge < -0.3 is 9.30 Å². The molecule has 1 amide bonds. The molecule has 3 heterocycles. The average molecular weight is 413 g/mol. The van der Waals surface area contributed by atoms with Gasteiger partial charge in [0.25, 0.3) is 5.91 Å². The minimum atomic E-state index is -0.00867. The van der Waals surface area contributed by atoms with Crippen molar-refractivity contribution in [2.45, 2.75) is 39.7 Å². The topological polar surface area (TPSA) is 34.5 Å². The first-order valence-electron chi connectivity index (χ1n) is 9.57. The van der Waals surface area contributed by atoms with E-state index in [4.69, 9.17) is 17.0 Å². The van der Waals surface area contributed by atoms with Gasteiger partial charge in [0.2, 0.25) is 0 Å². The fourth-order valence-corrected chi connectivity index (χ4v) is 5.08. The smallest absolute Gasteiger partial charge is 0.266 e. The van der Waals surface area contributed by atoms with Crippen LogP contribution < -0.4 is 0 Å². The van der Waals surface area contributed by atoms with Crippen molar-refractivity contribution in [1.29, 1.82) is 0 Å². The van der Waals surface area contributed by atoms with Gasteiger partial charge in [-0.1, -0.05) is 41.7 Å². The summed E-state index contributed by atoms with van der Waals surface area (Å²) in [6, 6.07) is 10.6. The zero-order chi connectivity index (χ0) is 19.8. The highest BCUT2D eigenvalue weighted by molar-refractivity contribution is 8.26. The number of carbonyl (C=O) groups excluding carboxylic acids is 1. The molecule has 0 spiro atoms. The molecule has 0 radical (unpaired) electrons. The van der Waals surface area contributed by atoms with Crippen LogP contribution in [0.1, 0.15) is 35.4 Å². The first kappa shape index (κ1) is 19.4. The summed E-state index contributed by atoms with van der Waals surface area (Å²) >= 11 is 6.85. The van der Waals surface area contributed by atoms with E-state index in [2.05, 4.69) is 55.7 Å². The summed E-state index contributed by atoms with van der Waals surface area (Å²) in [6.45, 7) is 7.60. The third-order valence-corrected chi connectivity index (χ3v) is 6.71. The molecule has 0 aliphatic carbocycles. The molecule has 2 fully saturated rings. The quantitative estimate of drug-likeness (QED) is 0.535. The Balaban J connectivity index is 1.60. The Bertz CT molecular complexity index is 954. The van der Waals surface area contributed by atoms with Crippen LogP contribution in [-0.4, -0.2) is 39.0 Å². The lowest BCUT2D eigenvalue weighted by atomic mass is 10.2. The van der Waals surface area contributed by atoms with E-state index in [1.54, 1.807) is 4.90 Å². The number of hydrogen-bond acceptors (Lipinski definition) is 4. The van der Waals surface area contributed by atoms with E-state index in [-0.39, 0.29) is 12.0 Å². The number of nitrogens with zero attached hydrogens (tertiary/aromatic N) is 2. The van der Waals surface area contributed by atoms with Crippen molar-refractivity contribution in [3.05, 3.63) is 57.8 Å². The molecule has 0 bridgehead atoms. The van der Waals surface area contributed by atoms with Gasteiger partial charge in [-0.05, 0) is 63.5 Å². The molecule has 4 nitrogen and oxygen atoms in total. The maximum atomic E-state index is 12.9. The number of carbonyl (C=O) groups is 1. The van der Waals surface area contributed by atoms with E-state index in [1.807, 2.05) is 6.08 Å². The maximum absolute atomic E-state index is 12.9. The van der Waals surface area contributed by atoms with Crippen LogP contribution in [0.4, 0.5) is 0 Å². The lowest BCUT2D eigenvalue weighted by Gasteiger charge is -2.18. The third kappa shape index (κ3) is 3.69. The minimum Gasteiger partial charge on any atom is -0.376 e. The monoisotopic (exact) mass is 412 g/mol. The normalized spacial score (nSPS) is 21.3. The standard InChI is InChI=1S/C22H24N2O2S2/c1-14-6-8-18(9-7-14)24-15(2)11-17(16(24)3)12-20-21(25)23(22(27)28-20)13-19-5-4-10-26-19/h6-9,11-12,19H,4-5,10,13H2,1-3H3/b20-12-/t19-/m0/s1. The van der Waals surface area contributed by atoms with E-state index in [0.717, 1.165) is 42.1 Å². The molecule has 0 saturated carbocycles. The molecule has 2 aromatic rings. The molecule has 2 saturated heterocycles. The number of amides is 1. The number of aryl methyl sites for hydroxylation is 2. The molecular formula is C22H24N2O2S2. The molecule has 2 aliphatic rings. The first-order valence-corrected chi connectivity index (χ1v) is 10.8. The van der Waals surface area contributed by atoms with Gasteiger partial charge in [-0.3, -0.25) is 9.69 Å². The van der Waals surface area contributed by atoms with Crippen molar-refractivity contribution < 1.29 is 9.53 Å². The molecule has 2 aliphatic heterocycles. The number of thioether (sulfide) groups is 1. The van der Waals surface area contributed by atoms with Crippen LogP contribution in [0.5, 0.6) is 0 Å². The highest BCUT2D eigenvalue weighted by Gasteiger charge is 2.34. The zero-order valence-electron chi connectivity index (χ0n) is 16.4. The van der Waals surface area contributed by atoms with E-state index < -0.39 is 0 Å². The second kappa shape index (κ2) is 7.85. The SMILES string of the molecule is Cc1ccc(-n2c(C)cc(/C=C3\SC(=S)N(C[C@@H]4CCCO4)C3=O)c2C)cc1. The lowest BCUT2D eigenvalue weighted by Crippen LogP contribution is -2.35. The molecule has 0 unspecified atom stereocenters. The zero-order valence-corrected chi connectivity index (χ0v) is 18.0. The molecule has 146 valence electrons. The second-order valence-electron chi connectivity index (χ2n) is 7.42. The Morgan fingerprint density at radius 1 is 1.25 bits per heavy atom. The van der Waals surface area contributed by atoms with Gasteiger partial charge in [-0.2, -0.15) is 0 Å².